The Bertz CT molecular complexity index is 324. The van der Waals surface area contributed by atoms with Gasteiger partial charge in [0, 0.05) is 5.41 Å². The van der Waals surface area contributed by atoms with Crippen LogP contribution in [0.25, 0.3) is 0 Å². The summed E-state index contributed by atoms with van der Waals surface area (Å²) in [7, 11) is 0. The third-order valence-corrected chi connectivity index (χ3v) is 4.19. The topological polar surface area (TPSA) is 20.2 Å². The largest absolute Gasteiger partial charge is 0.389 e. The first kappa shape index (κ1) is 11.9. The van der Waals surface area contributed by atoms with Crippen molar-refractivity contribution in [2.45, 2.75) is 59.0 Å². The first-order valence-corrected chi connectivity index (χ1v) is 6.49. The van der Waals surface area contributed by atoms with E-state index in [1.165, 1.54) is 18.4 Å². The zero-order valence-corrected chi connectivity index (χ0v) is 10.8. The minimum atomic E-state index is -0.245. The van der Waals surface area contributed by atoms with Crippen molar-refractivity contribution in [3.05, 3.63) is 23.8 Å². The Kier molecular flexibility index (Phi) is 3.00. The standard InChI is InChI=1S/C15H24O/c1-14(2)8-6-10-15(3)9-5-4-7-12(15)13(16)11-14/h6-7,10,13,16H,4-5,8-9,11H2,1-3H3/b10-6-. The van der Waals surface area contributed by atoms with Gasteiger partial charge in [-0.3, -0.25) is 0 Å². The van der Waals surface area contributed by atoms with E-state index in [0.717, 1.165) is 19.3 Å². The van der Waals surface area contributed by atoms with Crippen LogP contribution in [-0.4, -0.2) is 11.2 Å². The highest BCUT2D eigenvalue weighted by atomic mass is 16.3. The molecule has 0 radical (unpaired) electrons. The molecule has 0 amide bonds. The number of aliphatic hydroxyl groups excluding tert-OH is 1. The van der Waals surface area contributed by atoms with Crippen LogP contribution in [0.15, 0.2) is 23.8 Å². The van der Waals surface area contributed by atoms with Crippen LogP contribution in [-0.2, 0) is 0 Å². The summed E-state index contributed by atoms with van der Waals surface area (Å²) < 4.78 is 0. The van der Waals surface area contributed by atoms with Gasteiger partial charge in [-0.05, 0) is 43.1 Å². The van der Waals surface area contributed by atoms with E-state index in [2.05, 4.69) is 39.0 Å². The van der Waals surface area contributed by atoms with Crippen molar-refractivity contribution in [2.24, 2.45) is 10.8 Å². The molecule has 0 aromatic carbocycles. The molecule has 0 spiro atoms. The van der Waals surface area contributed by atoms with Gasteiger partial charge in [-0.25, -0.2) is 0 Å². The van der Waals surface area contributed by atoms with Gasteiger partial charge in [0.15, 0.2) is 0 Å². The Morgan fingerprint density at radius 2 is 2.06 bits per heavy atom. The number of hydrogen-bond acceptors (Lipinski definition) is 1. The van der Waals surface area contributed by atoms with E-state index < -0.39 is 0 Å². The van der Waals surface area contributed by atoms with Crippen LogP contribution in [0.5, 0.6) is 0 Å². The summed E-state index contributed by atoms with van der Waals surface area (Å²) >= 11 is 0. The van der Waals surface area contributed by atoms with Gasteiger partial charge in [0.1, 0.15) is 0 Å². The summed E-state index contributed by atoms with van der Waals surface area (Å²) in [5.41, 5.74) is 1.60. The third kappa shape index (κ3) is 2.24. The molecule has 0 aliphatic heterocycles. The molecule has 2 rings (SSSR count). The molecule has 16 heavy (non-hydrogen) atoms. The number of aliphatic hydroxyl groups is 1. The predicted molar refractivity (Wildman–Crippen MR) is 68.2 cm³/mol. The Morgan fingerprint density at radius 1 is 1.31 bits per heavy atom. The minimum Gasteiger partial charge on any atom is -0.389 e. The average molecular weight is 220 g/mol. The molecule has 1 nitrogen and oxygen atoms in total. The van der Waals surface area contributed by atoms with Gasteiger partial charge in [0.2, 0.25) is 0 Å². The van der Waals surface area contributed by atoms with E-state index in [0.29, 0.717) is 0 Å². The molecule has 1 N–H and O–H groups in total. The molecule has 1 heteroatoms. The van der Waals surface area contributed by atoms with Crippen molar-refractivity contribution in [1.29, 1.82) is 0 Å². The molecule has 90 valence electrons. The van der Waals surface area contributed by atoms with E-state index in [1.54, 1.807) is 0 Å². The lowest BCUT2D eigenvalue weighted by Gasteiger charge is -2.40. The predicted octanol–water partition coefficient (Wildman–Crippen LogP) is 3.84. The highest BCUT2D eigenvalue weighted by Gasteiger charge is 2.36. The van der Waals surface area contributed by atoms with E-state index in [-0.39, 0.29) is 16.9 Å². The number of rotatable bonds is 0. The molecule has 0 saturated carbocycles. The third-order valence-electron chi connectivity index (χ3n) is 4.19. The SMILES string of the molecule is CC1(C)C/C=C\C2(C)CCCC=C2C(O)C1. The minimum absolute atomic E-state index is 0.119. The fraction of sp³-hybridized carbons (Fsp3) is 0.733. The Balaban J connectivity index is 2.35. The first-order chi connectivity index (χ1) is 7.43. The lowest BCUT2D eigenvalue weighted by molar-refractivity contribution is 0.119. The lowest BCUT2D eigenvalue weighted by atomic mass is 9.67. The maximum absolute atomic E-state index is 10.4. The van der Waals surface area contributed by atoms with E-state index in [4.69, 9.17) is 0 Å². The van der Waals surface area contributed by atoms with Crippen LogP contribution >= 0.6 is 0 Å². The maximum Gasteiger partial charge on any atom is 0.0763 e. The molecule has 2 aliphatic rings. The summed E-state index contributed by atoms with van der Waals surface area (Å²) in [6, 6.07) is 0. The molecular weight excluding hydrogens is 196 g/mol. The van der Waals surface area contributed by atoms with Crippen molar-refractivity contribution in [2.75, 3.05) is 0 Å². The van der Waals surface area contributed by atoms with Crippen LogP contribution in [0, 0.1) is 10.8 Å². The zero-order chi connectivity index (χ0) is 11.8. The van der Waals surface area contributed by atoms with Crippen molar-refractivity contribution < 1.29 is 5.11 Å². The normalized spacial score (nSPS) is 40.2. The Labute approximate surface area is 99.3 Å². The summed E-state index contributed by atoms with van der Waals surface area (Å²) in [4.78, 5) is 0. The second kappa shape index (κ2) is 4.03. The Hall–Kier alpha value is -0.560. The van der Waals surface area contributed by atoms with Gasteiger partial charge in [-0.15, -0.1) is 0 Å². The monoisotopic (exact) mass is 220 g/mol. The molecular formula is C15H24O. The fourth-order valence-corrected chi connectivity index (χ4v) is 3.16. The van der Waals surface area contributed by atoms with E-state index in [9.17, 15) is 5.11 Å². The molecule has 2 aliphatic carbocycles. The molecule has 2 unspecified atom stereocenters. The molecule has 0 fully saturated rings. The average Bonchev–Trinajstić information content (AvgIpc) is 2.15. The molecule has 0 aromatic rings. The van der Waals surface area contributed by atoms with Gasteiger partial charge in [0.25, 0.3) is 0 Å². The van der Waals surface area contributed by atoms with Crippen molar-refractivity contribution in [3.63, 3.8) is 0 Å². The summed E-state index contributed by atoms with van der Waals surface area (Å²) in [6.45, 7) is 6.76. The molecule has 2 atom stereocenters. The van der Waals surface area contributed by atoms with Gasteiger partial charge < -0.3 is 5.11 Å². The number of hydrogen-bond donors (Lipinski definition) is 1. The van der Waals surface area contributed by atoms with Gasteiger partial charge >= 0.3 is 0 Å². The van der Waals surface area contributed by atoms with Gasteiger partial charge in [-0.2, -0.15) is 0 Å². The second-order valence-corrected chi connectivity index (χ2v) is 6.46. The van der Waals surface area contributed by atoms with Gasteiger partial charge in [0.05, 0.1) is 6.10 Å². The molecule has 0 saturated heterocycles. The molecule has 0 heterocycles. The smallest absolute Gasteiger partial charge is 0.0763 e. The van der Waals surface area contributed by atoms with Crippen molar-refractivity contribution in [3.8, 4) is 0 Å². The highest BCUT2D eigenvalue weighted by Crippen LogP contribution is 2.45. The lowest BCUT2D eigenvalue weighted by Crippen LogP contribution is -2.33. The van der Waals surface area contributed by atoms with Crippen molar-refractivity contribution >= 4 is 0 Å². The fourth-order valence-electron chi connectivity index (χ4n) is 3.16. The second-order valence-electron chi connectivity index (χ2n) is 6.46. The van der Waals surface area contributed by atoms with Crippen LogP contribution in [0.2, 0.25) is 0 Å². The Morgan fingerprint density at radius 3 is 2.81 bits per heavy atom. The van der Waals surface area contributed by atoms with Gasteiger partial charge in [-0.1, -0.05) is 39.0 Å². The summed E-state index contributed by atoms with van der Waals surface area (Å²) in [5.74, 6) is 0. The number of fused-ring (bicyclic) bond motifs is 1. The van der Waals surface area contributed by atoms with Crippen LogP contribution < -0.4 is 0 Å². The number of allylic oxidation sites excluding steroid dienone is 3. The summed E-state index contributed by atoms with van der Waals surface area (Å²) in [5, 5.41) is 10.4. The van der Waals surface area contributed by atoms with Crippen molar-refractivity contribution in [1.82, 2.24) is 0 Å². The molecule has 0 aromatic heterocycles. The van der Waals surface area contributed by atoms with E-state index >= 15 is 0 Å². The molecule has 0 bridgehead atoms. The van der Waals surface area contributed by atoms with Crippen LogP contribution in [0.3, 0.4) is 0 Å². The highest BCUT2D eigenvalue weighted by molar-refractivity contribution is 5.28. The quantitative estimate of drug-likeness (QED) is 0.615. The van der Waals surface area contributed by atoms with E-state index in [1.807, 2.05) is 0 Å². The summed E-state index contributed by atoms with van der Waals surface area (Å²) in [6.07, 6.45) is 12.2. The maximum atomic E-state index is 10.4. The van der Waals surface area contributed by atoms with Crippen LogP contribution in [0.1, 0.15) is 52.9 Å². The zero-order valence-electron chi connectivity index (χ0n) is 10.8. The van der Waals surface area contributed by atoms with Crippen LogP contribution in [0.4, 0.5) is 0 Å². The first-order valence-electron chi connectivity index (χ1n) is 6.49.